The molecule has 0 radical (unpaired) electrons. The molecule has 6 nitrogen and oxygen atoms in total. The van der Waals surface area contributed by atoms with E-state index in [1.165, 1.54) is 0 Å². The van der Waals surface area contributed by atoms with Crippen LogP contribution < -0.4 is 51.4 Å². The minimum atomic E-state index is -3.96. The van der Waals surface area contributed by atoms with E-state index in [2.05, 4.69) is 4.18 Å². The van der Waals surface area contributed by atoms with Gasteiger partial charge in [0.2, 0.25) is 0 Å². The Balaban J connectivity index is -0.000000500. The standard InChI is InChI=1S/C4H8O6S.K.H/c1-4(7,3(5)6)10-11(2,8)9;;/h7H,1-2H3,(H,5,6);;/q;+1;-1. The molecule has 0 aliphatic carbocycles. The first kappa shape index (κ1) is 15.4. The molecule has 0 bridgehead atoms. The van der Waals surface area contributed by atoms with Crippen LogP contribution in [0.3, 0.4) is 0 Å². The van der Waals surface area contributed by atoms with Crippen LogP contribution in [0.25, 0.3) is 0 Å². The van der Waals surface area contributed by atoms with Gasteiger partial charge in [-0.05, 0) is 0 Å². The van der Waals surface area contributed by atoms with Gasteiger partial charge in [-0.15, -0.1) is 0 Å². The summed E-state index contributed by atoms with van der Waals surface area (Å²) in [6.45, 7) is 0.719. The molecule has 0 saturated heterocycles. The summed E-state index contributed by atoms with van der Waals surface area (Å²) >= 11 is 0. The van der Waals surface area contributed by atoms with Gasteiger partial charge >= 0.3 is 57.4 Å². The number of rotatable bonds is 3. The first-order valence-corrected chi connectivity index (χ1v) is 4.33. The Kier molecular flexibility index (Phi) is 6.45. The van der Waals surface area contributed by atoms with Crippen molar-refractivity contribution in [2.24, 2.45) is 0 Å². The summed E-state index contributed by atoms with van der Waals surface area (Å²) in [5.41, 5.74) is 0. The zero-order chi connectivity index (χ0) is 9.28. The molecule has 0 rings (SSSR count). The third kappa shape index (κ3) is 6.49. The van der Waals surface area contributed by atoms with Gasteiger partial charge in [-0.3, -0.25) is 0 Å². The van der Waals surface area contributed by atoms with Gasteiger partial charge in [0, 0.05) is 6.92 Å². The fourth-order valence-electron chi connectivity index (χ4n) is 0.330. The van der Waals surface area contributed by atoms with Crippen molar-refractivity contribution in [2.45, 2.75) is 12.7 Å². The molecule has 0 spiro atoms. The molecule has 8 heteroatoms. The molecule has 0 aromatic heterocycles. The van der Waals surface area contributed by atoms with Crippen molar-refractivity contribution < 1.29 is 80.4 Å². The Morgan fingerprint density at radius 1 is 1.58 bits per heavy atom. The van der Waals surface area contributed by atoms with Crippen molar-refractivity contribution in [1.82, 2.24) is 0 Å². The molecule has 0 aliphatic rings. The molecule has 0 aromatic carbocycles. The molecule has 0 amide bonds. The van der Waals surface area contributed by atoms with E-state index in [-0.39, 0.29) is 52.8 Å². The maximum absolute atomic E-state index is 10.3. The normalized spacial score (nSPS) is 15.9. The second-order valence-electron chi connectivity index (χ2n) is 2.08. The number of aliphatic hydroxyl groups is 1. The van der Waals surface area contributed by atoms with Crippen LogP contribution in [0.4, 0.5) is 0 Å². The van der Waals surface area contributed by atoms with E-state index < -0.39 is 21.9 Å². The van der Waals surface area contributed by atoms with Gasteiger partial charge in [0.25, 0.3) is 15.9 Å². The summed E-state index contributed by atoms with van der Waals surface area (Å²) < 4.78 is 24.4. The SMILES string of the molecule is CC(O)(OS(C)(=O)=O)C(=O)O.[H-].[K+]. The van der Waals surface area contributed by atoms with E-state index in [0.29, 0.717) is 6.26 Å². The number of hydrogen-bond acceptors (Lipinski definition) is 5. The van der Waals surface area contributed by atoms with Gasteiger partial charge in [0.05, 0.1) is 6.26 Å². The fourth-order valence-corrected chi connectivity index (χ4v) is 0.991. The fraction of sp³-hybridized carbons (Fsp3) is 0.750. The molecular weight excluding hydrogens is 215 g/mol. The minimum Gasteiger partial charge on any atom is -1.00 e. The Bertz CT molecular complexity index is 260. The second kappa shape index (κ2) is 5.01. The van der Waals surface area contributed by atoms with Crippen LogP contribution in [0, 0.1) is 0 Å². The van der Waals surface area contributed by atoms with Gasteiger partial charge in [0.15, 0.2) is 0 Å². The van der Waals surface area contributed by atoms with Gasteiger partial charge in [-0.2, -0.15) is 8.42 Å². The average Bonchev–Trinajstić information content (AvgIpc) is 1.56. The Hall–Kier alpha value is 0.976. The largest absolute Gasteiger partial charge is 1.00 e. The van der Waals surface area contributed by atoms with Crippen LogP contribution in [-0.2, 0) is 19.1 Å². The smallest absolute Gasteiger partial charge is 1.00 e. The number of carboxylic acid groups (broad SMARTS) is 1. The van der Waals surface area contributed by atoms with Crippen molar-refractivity contribution in [1.29, 1.82) is 0 Å². The van der Waals surface area contributed by atoms with Crippen LogP contribution in [0.5, 0.6) is 0 Å². The van der Waals surface area contributed by atoms with Crippen molar-refractivity contribution in [2.75, 3.05) is 6.26 Å². The summed E-state index contributed by atoms with van der Waals surface area (Å²) in [7, 11) is -3.96. The zero-order valence-corrected chi connectivity index (χ0v) is 10.9. The minimum absolute atomic E-state index is 0. The third-order valence-corrected chi connectivity index (χ3v) is 1.34. The summed E-state index contributed by atoms with van der Waals surface area (Å²) in [6, 6.07) is 0. The van der Waals surface area contributed by atoms with Gasteiger partial charge in [-0.25, -0.2) is 8.98 Å². The van der Waals surface area contributed by atoms with Crippen LogP contribution in [0.2, 0.25) is 0 Å². The maximum Gasteiger partial charge on any atom is 1.00 e. The average molecular weight is 224 g/mol. The monoisotopic (exact) mass is 224 g/mol. The predicted molar refractivity (Wildman–Crippen MR) is 35.3 cm³/mol. The van der Waals surface area contributed by atoms with Crippen LogP contribution in [0.1, 0.15) is 8.35 Å². The Morgan fingerprint density at radius 2 is 1.92 bits per heavy atom. The number of hydrogen-bond donors (Lipinski definition) is 2. The summed E-state index contributed by atoms with van der Waals surface area (Å²) in [5, 5.41) is 16.9. The van der Waals surface area contributed by atoms with E-state index in [9.17, 15) is 13.2 Å². The molecule has 12 heavy (non-hydrogen) atoms. The topological polar surface area (TPSA) is 101 Å². The van der Waals surface area contributed by atoms with E-state index in [0.717, 1.165) is 6.92 Å². The first-order chi connectivity index (χ1) is 4.65. The Morgan fingerprint density at radius 3 is 2.00 bits per heavy atom. The van der Waals surface area contributed by atoms with Gasteiger partial charge in [0.1, 0.15) is 0 Å². The quantitative estimate of drug-likeness (QED) is 0.287. The molecule has 0 aliphatic heterocycles. The molecule has 0 saturated carbocycles. The predicted octanol–water partition coefficient (Wildman–Crippen LogP) is -4.13. The number of aliphatic carboxylic acids is 1. The van der Waals surface area contributed by atoms with Crippen molar-refractivity contribution in [3.05, 3.63) is 0 Å². The number of carboxylic acids is 1. The van der Waals surface area contributed by atoms with E-state index in [1.54, 1.807) is 0 Å². The summed E-state index contributed by atoms with van der Waals surface area (Å²) in [5.74, 6) is -4.45. The number of carbonyl (C=O) groups is 1. The van der Waals surface area contributed by atoms with Crippen LogP contribution in [-0.4, -0.2) is 36.6 Å². The van der Waals surface area contributed by atoms with Crippen LogP contribution in [0.15, 0.2) is 0 Å². The van der Waals surface area contributed by atoms with Crippen molar-refractivity contribution in [3.8, 4) is 0 Å². The first-order valence-electron chi connectivity index (χ1n) is 2.51. The van der Waals surface area contributed by atoms with Gasteiger partial charge < -0.3 is 11.6 Å². The molecular formula is C4H9KO6S. The van der Waals surface area contributed by atoms with Gasteiger partial charge in [-0.1, -0.05) is 0 Å². The molecule has 1 unspecified atom stereocenters. The van der Waals surface area contributed by atoms with E-state index in [4.69, 9.17) is 10.2 Å². The zero-order valence-electron chi connectivity index (χ0n) is 7.94. The molecule has 0 aromatic rings. The summed E-state index contributed by atoms with van der Waals surface area (Å²) in [4.78, 5) is 10.1. The van der Waals surface area contributed by atoms with E-state index in [1.807, 2.05) is 0 Å². The maximum atomic E-state index is 10.3. The molecule has 68 valence electrons. The van der Waals surface area contributed by atoms with Crippen molar-refractivity contribution in [3.63, 3.8) is 0 Å². The molecule has 0 heterocycles. The van der Waals surface area contributed by atoms with Crippen molar-refractivity contribution >= 4 is 16.1 Å². The molecule has 2 N–H and O–H groups in total. The van der Waals surface area contributed by atoms with Crippen LogP contribution >= 0.6 is 0 Å². The second-order valence-corrected chi connectivity index (χ2v) is 3.65. The van der Waals surface area contributed by atoms with E-state index >= 15 is 0 Å². The molecule has 1 atom stereocenters. The Labute approximate surface area is 114 Å². The third-order valence-electron chi connectivity index (χ3n) is 0.710. The summed E-state index contributed by atoms with van der Waals surface area (Å²) in [6.07, 6.45) is 0.643. The molecule has 0 fully saturated rings.